The summed E-state index contributed by atoms with van der Waals surface area (Å²) in [5, 5.41) is 10.3. The van der Waals surface area contributed by atoms with Crippen molar-refractivity contribution < 1.29 is 14.1 Å². The molecule has 0 radical (unpaired) electrons. The quantitative estimate of drug-likeness (QED) is 0.626. The minimum atomic E-state index is -0.174. The highest BCUT2D eigenvalue weighted by Crippen LogP contribution is 2.37. The standard InChI is InChI=1S/C23H24N4O3/c1-4-23(5-2)13-20(29)18-12-16(8-11-19(18)26-23)22-25-21(27-30-22)15-6-9-17(10-7-15)24-14(3)28/h6-12,26H,4-5,13H2,1-3H3,(H,24,28). The Bertz CT molecular complexity index is 1100. The van der Waals surface area contributed by atoms with Crippen LogP contribution in [0.15, 0.2) is 47.0 Å². The molecule has 30 heavy (non-hydrogen) atoms. The largest absolute Gasteiger partial charge is 0.379 e. The van der Waals surface area contributed by atoms with Crippen molar-refractivity contribution in [2.45, 2.75) is 45.6 Å². The monoisotopic (exact) mass is 404 g/mol. The highest BCUT2D eigenvalue weighted by molar-refractivity contribution is 6.05. The SMILES string of the molecule is CCC1(CC)CC(=O)c2cc(-c3nc(-c4ccc(NC(C)=O)cc4)no3)ccc2N1. The van der Waals surface area contributed by atoms with Gasteiger partial charge in [-0.05, 0) is 55.3 Å². The fourth-order valence-electron chi connectivity index (χ4n) is 3.79. The van der Waals surface area contributed by atoms with Crippen LogP contribution in [0, 0.1) is 0 Å². The number of fused-ring (bicyclic) bond motifs is 1. The van der Waals surface area contributed by atoms with Crippen molar-refractivity contribution in [1.82, 2.24) is 10.1 Å². The number of anilines is 2. The first kappa shape index (κ1) is 19.8. The van der Waals surface area contributed by atoms with Crippen molar-refractivity contribution >= 4 is 23.1 Å². The van der Waals surface area contributed by atoms with Gasteiger partial charge in [-0.15, -0.1) is 0 Å². The Morgan fingerprint density at radius 1 is 1.13 bits per heavy atom. The fraction of sp³-hybridized carbons (Fsp3) is 0.304. The van der Waals surface area contributed by atoms with Gasteiger partial charge in [0.2, 0.25) is 11.7 Å². The van der Waals surface area contributed by atoms with Gasteiger partial charge in [-0.1, -0.05) is 19.0 Å². The summed E-state index contributed by atoms with van der Waals surface area (Å²) in [6.45, 7) is 5.67. The molecule has 0 spiro atoms. The number of aromatic nitrogens is 2. The number of benzene rings is 2. The van der Waals surface area contributed by atoms with E-state index in [0.29, 0.717) is 35.0 Å². The van der Waals surface area contributed by atoms with E-state index in [2.05, 4.69) is 34.6 Å². The number of hydrogen-bond donors (Lipinski definition) is 2. The second-order valence-corrected chi connectivity index (χ2v) is 7.65. The lowest BCUT2D eigenvalue weighted by molar-refractivity contribution is -0.114. The Labute approximate surface area is 174 Å². The average Bonchev–Trinajstić information content (AvgIpc) is 3.24. The summed E-state index contributed by atoms with van der Waals surface area (Å²) in [6, 6.07) is 12.8. The zero-order chi connectivity index (χ0) is 21.3. The molecule has 0 aliphatic carbocycles. The molecular formula is C23H24N4O3. The van der Waals surface area contributed by atoms with E-state index >= 15 is 0 Å². The number of carbonyl (C=O) groups is 2. The third-order valence-corrected chi connectivity index (χ3v) is 5.71. The summed E-state index contributed by atoms with van der Waals surface area (Å²) in [7, 11) is 0. The average molecular weight is 404 g/mol. The lowest BCUT2D eigenvalue weighted by Crippen LogP contribution is -2.43. The highest BCUT2D eigenvalue weighted by atomic mass is 16.5. The van der Waals surface area contributed by atoms with Crippen LogP contribution in [0.1, 0.15) is 50.4 Å². The molecule has 0 fully saturated rings. The van der Waals surface area contributed by atoms with Crippen molar-refractivity contribution in [3.63, 3.8) is 0 Å². The van der Waals surface area contributed by atoms with E-state index in [1.54, 1.807) is 12.1 Å². The molecule has 7 nitrogen and oxygen atoms in total. The number of hydrogen-bond acceptors (Lipinski definition) is 6. The van der Waals surface area contributed by atoms with Crippen molar-refractivity contribution in [2.75, 3.05) is 10.6 Å². The smallest absolute Gasteiger partial charge is 0.258 e. The minimum Gasteiger partial charge on any atom is -0.379 e. The lowest BCUT2D eigenvalue weighted by Gasteiger charge is -2.38. The molecule has 4 rings (SSSR count). The summed E-state index contributed by atoms with van der Waals surface area (Å²) < 4.78 is 5.45. The van der Waals surface area contributed by atoms with Gasteiger partial charge in [-0.25, -0.2) is 0 Å². The summed E-state index contributed by atoms with van der Waals surface area (Å²) in [5.41, 5.74) is 3.51. The number of nitrogens with zero attached hydrogens (tertiary/aromatic N) is 2. The topological polar surface area (TPSA) is 97.1 Å². The maximum Gasteiger partial charge on any atom is 0.258 e. The molecule has 3 aromatic rings. The van der Waals surface area contributed by atoms with Crippen molar-refractivity contribution in [3.8, 4) is 22.8 Å². The summed E-state index contributed by atoms with van der Waals surface area (Å²) in [5.74, 6) is 0.797. The number of ketones is 1. The van der Waals surface area contributed by atoms with Gasteiger partial charge in [0.05, 0.1) is 0 Å². The Morgan fingerprint density at radius 2 is 1.83 bits per heavy atom. The van der Waals surface area contributed by atoms with Crippen LogP contribution in [0.2, 0.25) is 0 Å². The molecule has 0 bridgehead atoms. The molecule has 0 unspecified atom stereocenters. The summed E-state index contributed by atoms with van der Waals surface area (Å²) in [4.78, 5) is 28.4. The molecule has 0 saturated heterocycles. The Balaban J connectivity index is 1.59. The molecule has 2 aromatic carbocycles. The van der Waals surface area contributed by atoms with Gasteiger partial charge in [-0.3, -0.25) is 9.59 Å². The molecule has 1 aliphatic heterocycles. The zero-order valence-electron chi connectivity index (χ0n) is 17.3. The van der Waals surface area contributed by atoms with Crippen molar-refractivity contribution in [1.29, 1.82) is 0 Å². The maximum atomic E-state index is 12.8. The zero-order valence-corrected chi connectivity index (χ0v) is 17.3. The molecular weight excluding hydrogens is 380 g/mol. The molecule has 2 N–H and O–H groups in total. The number of rotatable bonds is 5. The predicted molar refractivity (Wildman–Crippen MR) is 115 cm³/mol. The molecule has 7 heteroatoms. The first-order chi connectivity index (χ1) is 14.4. The third kappa shape index (κ3) is 3.70. The van der Waals surface area contributed by atoms with Crippen molar-refractivity contribution in [3.05, 3.63) is 48.0 Å². The molecule has 0 saturated carbocycles. The van der Waals surface area contributed by atoms with Crippen LogP contribution >= 0.6 is 0 Å². The number of Topliss-reactive ketones (excluding diaryl/α,β-unsaturated/α-hetero) is 1. The molecule has 0 atom stereocenters. The summed E-state index contributed by atoms with van der Waals surface area (Å²) in [6.07, 6.45) is 2.26. The van der Waals surface area contributed by atoms with Crippen LogP contribution in [-0.2, 0) is 4.79 Å². The lowest BCUT2D eigenvalue weighted by atomic mass is 9.81. The highest BCUT2D eigenvalue weighted by Gasteiger charge is 2.35. The van der Waals surface area contributed by atoms with Crippen LogP contribution in [0.5, 0.6) is 0 Å². The maximum absolute atomic E-state index is 12.8. The Morgan fingerprint density at radius 3 is 2.50 bits per heavy atom. The van der Waals surface area contributed by atoms with Gasteiger partial charge < -0.3 is 15.2 Å². The van der Waals surface area contributed by atoms with Gasteiger partial charge in [-0.2, -0.15) is 4.98 Å². The van der Waals surface area contributed by atoms with Gasteiger partial charge in [0.25, 0.3) is 5.89 Å². The molecule has 1 amide bonds. The van der Waals surface area contributed by atoms with E-state index in [4.69, 9.17) is 4.52 Å². The number of carbonyl (C=O) groups excluding carboxylic acids is 2. The van der Waals surface area contributed by atoms with Crippen LogP contribution in [-0.4, -0.2) is 27.4 Å². The van der Waals surface area contributed by atoms with Crippen LogP contribution in [0.25, 0.3) is 22.8 Å². The fourth-order valence-corrected chi connectivity index (χ4v) is 3.79. The third-order valence-electron chi connectivity index (χ3n) is 5.71. The molecule has 2 heterocycles. The van der Waals surface area contributed by atoms with Gasteiger partial charge in [0.15, 0.2) is 5.78 Å². The first-order valence-electron chi connectivity index (χ1n) is 10.1. The predicted octanol–water partition coefficient (Wildman–Crippen LogP) is 4.92. The van der Waals surface area contributed by atoms with E-state index in [9.17, 15) is 9.59 Å². The second kappa shape index (κ2) is 7.74. The minimum absolute atomic E-state index is 0.127. The van der Waals surface area contributed by atoms with Crippen LogP contribution < -0.4 is 10.6 Å². The van der Waals surface area contributed by atoms with E-state index < -0.39 is 0 Å². The molecule has 154 valence electrons. The van der Waals surface area contributed by atoms with Gasteiger partial charge >= 0.3 is 0 Å². The van der Waals surface area contributed by atoms with E-state index in [0.717, 1.165) is 24.1 Å². The van der Waals surface area contributed by atoms with E-state index in [1.165, 1.54) is 6.92 Å². The van der Waals surface area contributed by atoms with Gasteiger partial charge in [0, 0.05) is 46.9 Å². The Hall–Kier alpha value is -3.48. The van der Waals surface area contributed by atoms with E-state index in [-0.39, 0.29) is 17.2 Å². The number of nitrogens with one attached hydrogen (secondary N) is 2. The normalized spacial score (nSPS) is 14.7. The van der Waals surface area contributed by atoms with Crippen molar-refractivity contribution in [2.24, 2.45) is 0 Å². The summed E-state index contributed by atoms with van der Waals surface area (Å²) >= 11 is 0. The first-order valence-corrected chi connectivity index (χ1v) is 10.1. The molecule has 1 aromatic heterocycles. The van der Waals surface area contributed by atoms with Gasteiger partial charge in [0.1, 0.15) is 0 Å². The van der Waals surface area contributed by atoms with Crippen LogP contribution in [0.4, 0.5) is 11.4 Å². The second-order valence-electron chi connectivity index (χ2n) is 7.65. The van der Waals surface area contributed by atoms with Crippen LogP contribution in [0.3, 0.4) is 0 Å². The molecule has 1 aliphatic rings. The van der Waals surface area contributed by atoms with E-state index in [1.807, 2.05) is 30.3 Å². The Kier molecular flexibility index (Phi) is 5.11. The number of amides is 1.